The van der Waals surface area contributed by atoms with E-state index in [4.69, 9.17) is 10.5 Å². The molecule has 47 heavy (non-hydrogen) atoms. The first-order valence-corrected chi connectivity index (χ1v) is 16.6. The zero-order chi connectivity index (χ0) is 33.6. The van der Waals surface area contributed by atoms with E-state index in [0.29, 0.717) is 37.7 Å². The van der Waals surface area contributed by atoms with Crippen LogP contribution in [-0.2, 0) is 19.1 Å². The monoisotopic (exact) mass is 647 g/mol. The number of ether oxygens (including phenoxy) is 1. The lowest BCUT2D eigenvalue weighted by Crippen LogP contribution is -2.65. The smallest absolute Gasteiger partial charge is 0.251 e. The van der Waals surface area contributed by atoms with Crippen LogP contribution in [0.25, 0.3) is 21.2 Å². The number of azide groups is 1. The van der Waals surface area contributed by atoms with Gasteiger partial charge in [0.05, 0.1) is 17.7 Å². The molecule has 2 aromatic rings. The summed E-state index contributed by atoms with van der Waals surface area (Å²) in [5, 5.41) is 22.4. The second-order valence-electron chi connectivity index (χ2n) is 13.2. The number of likely N-dealkylation sites (tertiary alicyclic amines) is 1. The largest absolute Gasteiger partial charge is 0.381 e. The number of nitrogens with two attached hydrogens (primary N) is 1. The molecule has 252 valence electrons. The van der Waals surface area contributed by atoms with Crippen molar-refractivity contribution in [3.63, 3.8) is 0 Å². The summed E-state index contributed by atoms with van der Waals surface area (Å²) in [6, 6.07) is 9.94. The fourth-order valence-electron chi connectivity index (χ4n) is 7.77. The van der Waals surface area contributed by atoms with E-state index in [2.05, 4.69) is 20.7 Å². The van der Waals surface area contributed by atoms with Crippen LogP contribution >= 0.6 is 0 Å². The highest BCUT2D eigenvalue weighted by Gasteiger charge is 2.52. The Morgan fingerprint density at radius 3 is 2.40 bits per heavy atom. The van der Waals surface area contributed by atoms with Crippen LogP contribution in [0.2, 0.25) is 0 Å². The molecule has 5 N–H and O–H groups in total. The predicted molar refractivity (Wildman–Crippen MR) is 175 cm³/mol. The Balaban J connectivity index is 1.46. The molecule has 1 unspecified atom stereocenters. The first-order chi connectivity index (χ1) is 22.7. The first kappa shape index (κ1) is 34.2. The quantitative estimate of drug-likeness (QED) is 0.163. The van der Waals surface area contributed by atoms with E-state index in [0.717, 1.165) is 49.3 Å². The van der Waals surface area contributed by atoms with Crippen molar-refractivity contribution in [2.75, 3.05) is 13.7 Å². The average molecular weight is 648 g/mol. The van der Waals surface area contributed by atoms with Crippen molar-refractivity contribution in [1.82, 2.24) is 15.5 Å². The van der Waals surface area contributed by atoms with Gasteiger partial charge >= 0.3 is 0 Å². The van der Waals surface area contributed by atoms with Crippen LogP contribution in [0.5, 0.6) is 0 Å². The van der Waals surface area contributed by atoms with Gasteiger partial charge in [-0.3, -0.25) is 19.2 Å². The Morgan fingerprint density at radius 2 is 1.74 bits per heavy atom. The topological polar surface area (TPSA) is 200 Å². The van der Waals surface area contributed by atoms with Gasteiger partial charge in [0.15, 0.2) is 6.10 Å². The molecule has 5 atom stereocenters. The number of fused-ring (bicyclic) bond motifs is 1. The second-order valence-corrected chi connectivity index (χ2v) is 13.2. The molecule has 2 saturated carbocycles. The molecule has 1 saturated heterocycles. The minimum Gasteiger partial charge on any atom is -0.381 e. The van der Waals surface area contributed by atoms with Crippen LogP contribution in [0.4, 0.5) is 0 Å². The summed E-state index contributed by atoms with van der Waals surface area (Å²) in [6.07, 6.45) is 5.64. The average Bonchev–Trinajstić information content (AvgIpc) is 3.46. The van der Waals surface area contributed by atoms with Crippen molar-refractivity contribution in [1.29, 1.82) is 0 Å². The molecule has 1 aliphatic heterocycles. The summed E-state index contributed by atoms with van der Waals surface area (Å²) in [5.74, 6) is -2.31. The summed E-state index contributed by atoms with van der Waals surface area (Å²) >= 11 is 0. The maximum atomic E-state index is 14.6. The van der Waals surface area contributed by atoms with Gasteiger partial charge in [-0.1, -0.05) is 86.8 Å². The highest BCUT2D eigenvalue weighted by Crippen LogP contribution is 2.34. The van der Waals surface area contributed by atoms with Gasteiger partial charge in [0.2, 0.25) is 17.7 Å². The molecule has 3 fully saturated rings. The lowest BCUT2D eigenvalue weighted by atomic mass is 9.77. The third kappa shape index (κ3) is 7.53. The van der Waals surface area contributed by atoms with Crippen LogP contribution in [0.1, 0.15) is 81.0 Å². The predicted octanol–water partition coefficient (Wildman–Crippen LogP) is 3.48. The van der Waals surface area contributed by atoms with E-state index >= 15 is 0 Å². The lowest BCUT2D eigenvalue weighted by molar-refractivity contribution is -0.146. The molecule has 0 bridgehead atoms. The van der Waals surface area contributed by atoms with Gasteiger partial charge < -0.3 is 31.1 Å². The van der Waals surface area contributed by atoms with Gasteiger partial charge in [-0.15, -0.1) is 0 Å². The molecule has 0 aromatic heterocycles. The minimum absolute atomic E-state index is 0.113. The number of amides is 4. The number of aliphatic hydroxyl groups excluding tert-OH is 1. The van der Waals surface area contributed by atoms with E-state index in [1.807, 2.05) is 30.3 Å². The van der Waals surface area contributed by atoms with E-state index in [-0.39, 0.29) is 12.5 Å². The third-order valence-corrected chi connectivity index (χ3v) is 10.3. The summed E-state index contributed by atoms with van der Waals surface area (Å²) in [7, 11) is 1.37. The summed E-state index contributed by atoms with van der Waals surface area (Å²) in [5.41, 5.74) is 13.9. The normalized spacial score (nSPS) is 24.1. The van der Waals surface area contributed by atoms with Crippen molar-refractivity contribution in [2.24, 2.45) is 16.8 Å². The number of hydrogen-bond donors (Lipinski definition) is 4. The molecule has 2 aromatic carbocycles. The Bertz CT molecular complexity index is 1520. The number of primary amides is 1. The molecule has 0 radical (unpaired) electrons. The molecule has 1 heterocycles. The van der Waals surface area contributed by atoms with Crippen molar-refractivity contribution < 1.29 is 29.0 Å². The summed E-state index contributed by atoms with van der Waals surface area (Å²) < 4.78 is 5.68. The third-order valence-electron chi connectivity index (χ3n) is 10.3. The number of methoxy groups -OCH3 is 1. The highest BCUT2D eigenvalue weighted by molar-refractivity contribution is 6.01. The molecule has 13 heteroatoms. The molecular weight excluding hydrogens is 602 g/mol. The summed E-state index contributed by atoms with van der Waals surface area (Å²) in [4.78, 5) is 58.8. The zero-order valence-corrected chi connectivity index (χ0v) is 26.8. The van der Waals surface area contributed by atoms with Gasteiger partial charge in [-0.25, -0.2) is 0 Å². The molecule has 4 amide bonds. The van der Waals surface area contributed by atoms with Crippen molar-refractivity contribution in [3.05, 3.63) is 58.5 Å². The number of hydrogen-bond acceptors (Lipinski definition) is 7. The van der Waals surface area contributed by atoms with Crippen molar-refractivity contribution in [3.8, 4) is 0 Å². The Labute approximate surface area is 274 Å². The first-order valence-electron chi connectivity index (χ1n) is 16.6. The molecule has 0 spiro atoms. The SMILES string of the molecule is CO[C@@H]1[C@@H](C(=O)NC2(C(O)C(N)=O)CCCCC2)N(C(=O)[C@@H](CC2CCCCC2)NC(=O)c2ccc3ccccc3c2)C[C@H]1N=[N+]=[N-]. The van der Waals surface area contributed by atoms with Crippen LogP contribution < -0.4 is 16.4 Å². The summed E-state index contributed by atoms with van der Waals surface area (Å²) in [6.45, 7) is -0.113. The Morgan fingerprint density at radius 1 is 1.06 bits per heavy atom. The fraction of sp³-hybridized carbons (Fsp3) is 0.588. The number of aliphatic hydroxyl groups is 1. The second kappa shape index (κ2) is 15.1. The van der Waals surface area contributed by atoms with Crippen LogP contribution in [0.3, 0.4) is 0 Å². The number of nitrogens with one attached hydrogen (secondary N) is 2. The number of benzene rings is 2. The van der Waals surface area contributed by atoms with Crippen LogP contribution in [0.15, 0.2) is 47.6 Å². The standard InChI is InChI=1S/C34H45N7O6/c1-47-28-26(39-40-36)20-41(27(28)32(45)38-34(29(42)30(35)43)16-8-3-9-17-34)33(46)25(18-21-10-4-2-5-11-21)37-31(44)24-15-14-22-12-6-7-13-23(22)19-24/h6-7,12-15,19,21,25-29,42H,2-5,8-11,16-18,20H2,1H3,(H2,35,43)(H,37,44)(H,38,45)/t25-,26-,27+,28+,29?/m1/s1. The Hall–Kier alpha value is -4.19. The van der Waals surface area contributed by atoms with E-state index < -0.39 is 59.5 Å². The van der Waals surface area contributed by atoms with Gasteiger partial charge in [-0.05, 0) is 53.6 Å². The molecule has 3 aliphatic rings. The number of carbonyl (C=O) groups excluding carboxylic acids is 4. The zero-order valence-electron chi connectivity index (χ0n) is 26.8. The van der Waals surface area contributed by atoms with Gasteiger partial charge in [0.25, 0.3) is 5.91 Å². The number of nitrogens with zero attached hydrogens (tertiary/aromatic N) is 4. The van der Waals surface area contributed by atoms with Crippen LogP contribution in [-0.4, -0.2) is 83.2 Å². The van der Waals surface area contributed by atoms with Gasteiger partial charge in [0.1, 0.15) is 12.1 Å². The minimum atomic E-state index is -1.63. The molecule has 5 rings (SSSR count). The van der Waals surface area contributed by atoms with Gasteiger partial charge in [0, 0.05) is 24.1 Å². The van der Waals surface area contributed by atoms with Gasteiger partial charge in [-0.2, -0.15) is 0 Å². The van der Waals surface area contributed by atoms with E-state index in [9.17, 15) is 29.8 Å². The fourth-order valence-corrected chi connectivity index (χ4v) is 7.77. The number of carbonyl (C=O) groups is 4. The highest BCUT2D eigenvalue weighted by atomic mass is 16.5. The lowest BCUT2D eigenvalue weighted by Gasteiger charge is -2.42. The van der Waals surface area contributed by atoms with E-state index in [1.165, 1.54) is 12.0 Å². The maximum Gasteiger partial charge on any atom is 0.251 e. The van der Waals surface area contributed by atoms with Crippen molar-refractivity contribution in [2.45, 2.75) is 107 Å². The molecular formula is C34H45N7O6. The van der Waals surface area contributed by atoms with Crippen molar-refractivity contribution >= 4 is 34.4 Å². The van der Waals surface area contributed by atoms with E-state index in [1.54, 1.807) is 12.1 Å². The number of rotatable bonds is 11. The Kier molecular flexibility index (Phi) is 11.0. The molecule has 2 aliphatic carbocycles. The maximum absolute atomic E-state index is 14.6. The van der Waals surface area contributed by atoms with Crippen LogP contribution in [0, 0.1) is 5.92 Å². The molecule has 13 nitrogen and oxygen atoms in total.